The number of hydrogen-bond donors (Lipinski definition) is 3. The van der Waals surface area contributed by atoms with Gasteiger partial charge >= 0.3 is 0 Å². The maximum Gasteiger partial charge on any atom is 0.265 e. The van der Waals surface area contributed by atoms with E-state index in [0.29, 0.717) is 18.7 Å². The van der Waals surface area contributed by atoms with Crippen molar-refractivity contribution < 1.29 is 9.59 Å². The molecule has 0 saturated carbocycles. The van der Waals surface area contributed by atoms with Crippen LogP contribution in [0.2, 0.25) is 0 Å². The Morgan fingerprint density at radius 2 is 2.10 bits per heavy atom. The van der Waals surface area contributed by atoms with E-state index in [1.807, 2.05) is 20.0 Å². The number of hydrazine groups is 1. The summed E-state index contributed by atoms with van der Waals surface area (Å²) >= 11 is 3.46. The monoisotopic (exact) mass is 356 g/mol. The van der Waals surface area contributed by atoms with Crippen LogP contribution in [0, 0.1) is 5.92 Å². The smallest absolute Gasteiger partial charge is 0.265 e. The van der Waals surface area contributed by atoms with E-state index in [4.69, 9.17) is 5.84 Å². The quantitative estimate of drug-likeness (QED) is 0.401. The van der Waals surface area contributed by atoms with Gasteiger partial charge in [0.2, 0.25) is 5.91 Å². The van der Waals surface area contributed by atoms with E-state index in [1.54, 1.807) is 19.2 Å². The Bertz CT molecular complexity index is 522. The molecule has 1 unspecified atom stereocenters. The van der Waals surface area contributed by atoms with Crippen LogP contribution < -0.4 is 16.6 Å². The van der Waals surface area contributed by atoms with Gasteiger partial charge in [-0.25, -0.2) is 5.84 Å². The van der Waals surface area contributed by atoms with Gasteiger partial charge in [0.1, 0.15) is 0 Å². The normalized spacial score (nSPS) is 12.1. The van der Waals surface area contributed by atoms with Gasteiger partial charge in [0.15, 0.2) is 0 Å². The first kappa shape index (κ1) is 17.6. The molecule has 0 bridgehead atoms. The van der Waals surface area contributed by atoms with E-state index in [1.165, 1.54) is 0 Å². The molecule has 1 atom stereocenters. The first-order valence-corrected chi connectivity index (χ1v) is 7.37. The molecule has 0 radical (unpaired) electrons. The minimum Gasteiger partial charge on any atom is -0.359 e. The van der Waals surface area contributed by atoms with E-state index in [9.17, 15) is 9.59 Å². The molecule has 4 N–H and O–H groups in total. The van der Waals surface area contributed by atoms with Crippen LogP contribution in [0.15, 0.2) is 22.7 Å². The second kappa shape index (κ2) is 8.11. The topological polar surface area (TPSA) is 87.5 Å². The van der Waals surface area contributed by atoms with Gasteiger partial charge in [0.05, 0.1) is 0 Å². The molecule has 1 rings (SSSR count). The predicted octanol–water partition coefficient (Wildman–Crippen LogP) is 0.866. The molecular weight excluding hydrogens is 336 g/mol. The van der Waals surface area contributed by atoms with Gasteiger partial charge in [0, 0.05) is 36.1 Å². The lowest BCUT2D eigenvalue weighted by atomic mass is 10.1. The van der Waals surface area contributed by atoms with Crippen LogP contribution in [0.1, 0.15) is 22.8 Å². The van der Waals surface area contributed by atoms with Crippen LogP contribution in [0.25, 0.3) is 0 Å². The average Bonchev–Trinajstić information content (AvgIpc) is 2.47. The van der Waals surface area contributed by atoms with Crippen LogP contribution in [-0.2, 0) is 11.3 Å². The highest BCUT2D eigenvalue weighted by Gasteiger charge is 2.15. The van der Waals surface area contributed by atoms with Gasteiger partial charge in [0.25, 0.3) is 5.91 Å². The third-order valence-corrected chi connectivity index (χ3v) is 3.90. The number of carbonyl (C=O) groups excluding carboxylic acids is 2. The van der Waals surface area contributed by atoms with Gasteiger partial charge in [-0.15, -0.1) is 0 Å². The third-order valence-electron chi connectivity index (χ3n) is 3.17. The lowest BCUT2D eigenvalue weighted by Crippen LogP contribution is -2.34. The maximum absolute atomic E-state index is 11.5. The fourth-order valence-corrected chi connectivity index (χ4v) is 2.56. The summed E-state index contributed by atoms with van der Waals surface area (Å²) in [6.45, 7) is 3.21. The van der Waals surface area contributed by atoms with Crippen molar-refractivity contribution in [2.75, 3.05) is 20.6 Å². The van der Waals surface area contributed by atoms with Crippen molar-refractivity contribution in [1.82, 2.24) is 15.6 Å². The van der Waals surface area contributed by atoms with Crippen molar-refractivity contribution in [2.24, 2.45) is 11.8 Å². The first-order valence-electron chi connectivity index (χ1n) is 6.58. The molecule has 0 fully saturated rings. The second-order valence-electron chi connectivity index (χ2n) is 4.99. The lowest BCUT2D eigenvalue weighted by Gasteiger charge is -2.21. The Morgan fingerprint density at radius 1 is 1.43 bits per heavy atom. The molecule has 1 aromatic carbocycles. The van der Waals surface area contributed by atoms with E-state index < -0.39 is 0 Å². The molecule has 7 heteroatoms. The molecule has 0 aliphatic carbocycles. The highest BCUT2D eigenvalue weighted by atomic mass is 79.9. The molecule has 0 spiro atoms. The maximum atomic E-state index is 11.5. The van der Waals surface area contributed by atoms with Gasteiger partial charge in [-0.2, -0.15) is 0 Å². The Labute approximate surface area is 133 Å². The van der Waals surface area contributed by atoms with Gasteiger partial charge in [-0.05, 0) is 24.7 Å². The Kier molecular flexibility index (Phi) is 6.80. The Hall–Kier alpha value is -1.44. The number of rotatable bonds is 6. The van der Waals surface area contributed by atoms with Crippen LogP contribution in [-0.4, -0.2) is 37.4 Å². The zero-order valence-corrected chi connectivity index (χ0v) is 14.0. The summed E-state index contributed by atoms with van der Waals surface area (Å²) in [5.41, 5.74) is 3.63. The minimum absolute atomic E-state index is 0.0240. The first-order chi connectivity index (χ1) is 9.88. The second-order valence-corrected chi connectivity index (χ2v) is 5.85. The summed E-state index contributed by atoms with van der Waals surface area (Å²) in [7, 11) is 3.59. The van der Waals surface area contributed by atoms with Crippen molar-refractivity contribution in [2.45, 2.75) is 13.5 Å². The minimum atomic E-state index is -0.330. The number of halogens is 1. The molecule has 0 heterocycles. The van der Waals surface area contributed by atoms with Crippen molar-refractivity contribution in [3.05, 3.63) is 33.8 Å². The van der Waals surface area contributed by atoms with Crippen molar-refractivity contribution in [3.8, 4) is 0 Å². The van der Waals surface area contributed by atoms with E-state index in [2.05, 4.69) is 31.6 Å². The van der Waals surface area contributed by atoms with E-state index in [0.717, 1.165) is 10.0 Å². The van der Waals surface area contributed by atoms with Crippen molar-refractivity contribution in [3.63, 3.8) is 0 Å². The molecule has 6 nitrogen and oxygen atoms in total. The van der Waals surface area contributed by atoms with Gasteiger partial charge in [-0.3, -0.25) is 15.0 Å². The Morgan fingerprint density at radius 3 is 2.62 bits per heavy atom. The fourth-order valence-electron chi connectivity index (χ4n) is 2.05. The zero-order valence-electron chi connectivity index (χ0n) is 12.4. The predicted molar refractivity (Wildman–Crippen MR) is 85.4 cm³/mol. The number of nitrogens with two attached hydrogens (primary N) is 1. The number of benzene rings is 1. The van der Waals surface area contributed by atoms with Crippen molar-refractivity contribution >= 4 is 27.7 Å². The molecule has 0 saturated heterocycles. The van der Waals surface area contributed by atoms with Gasteiger partial charge < -0.3 is 10.2 Å². The number of carbonyl (C=O) groups is 2. The fraction of sp³-hybridized carbons (Fsp3) is 0.429. The Balaban J connectivity index is 2.70. The molecule has 2 amide bonds. The molecular formula is C14H21BrN4O2. The number of nitrogen functional groups attached to an aromatic ring is 1. The number of nitrogens with zero attached hydrogens (tertiary/aromatic N) is 1. The summed E-state index contributed by atoms with van der Waals surface area (Å²) in [5, 5.41) is 2.64. The number of hydrogen-bond acceptors (Lipinski definition) is 4. The molecule has 116 valence electrons. The van der Waals surface area contributed by atoms with E-state index >= 15 is 0 Å². The summed E-state index contributed by atoms with van der Waals surface area (Å²) in [6.07, 6.45) is 0. The largest absolute Gasteiger partial charge is 0.359 e. The van der Waals surface area contributed by atoms with Crippen LogP contribution in [0.4, 0.5) is 0 Å². The lowest BCUT2D eigenvalue weighted by molar-refractivity contribution is -0.124. The number of nitrogens with one attached hydrogen (secondary N) is 2. The van der Waals surface area contributed by atoms with E-state index in [-0.39, 0.29) is 17.7 Å². The SMILES string of the molecule is CNC(=O)C(C)CN(C)Cc1ccc(C(=O)NN)cc1Br. The average molecular weight is 357 g/mol. The molecule has 1 aromatic rings. The standard InChI is InChI=1S/C14H21BrN4O2/c1-9(13(20)17-2)7-19(3)8-11-5-4-10(6-12(11)15)14(21)18-16/h4-6,9H,7-8,16H2,1-3H3,(H,17,20)(H,18,21). The summed E-state index contributed by atoms with van der Waals surface area (Å²) in [5.74, 6) is 4.72. The van der Waals surface area contributed by atoms with Crippen molar-refractivity contribution in [1.29, 1.82) is 0 Å². The summed E-state index contributed by atoms with van der Waals surface area (Å²) < 4.78 is 0.836. The zero-order chi connectivity index (χ0) is 16.0. The summed E-state index contributed by atoms with van der Waals surface area (Å²) in [4.78, 5) is 25.0. The highest BCUT2D eigenvalue weighted by Crippen LogP contribution is 2.20. The van der Waals surface area contributed by atoms with Crippen LogP contribution in [0.5, 0.6) is 0 Å². The van der Waals surface area contributed by atoms with Crippen LogP contribution >= 0.6 is 15.9 Å². The highest BCUT2D eigenvalue weighted by molar-refractivity contribution is 9.10. The molecule has 21 heavy (non-hydrogen) atoms. The van der Waals surface area contributed by atoms with Gasteiger partial charge in [-0.1, -0.05) is 28.9 Å². The molecule has 0 aromatic heterocycles. The number of amides is 2. The summed E-state index contributed by atoms with van der Waals surface area (Å²) in [6, 6.07) is 5.32. The molecule has 0 aliphatic heterocycles. The third kappa shape index (κ3) is 5.11. The molecule has 0 aliphatic rings. The van der Waals surface area contributed by atoms with Crippen LogP contribution in [0.3, 0.4) is 0 Å².